The highest BCUT2D eigenvalue weighted by Crippen LogP contribution is 2.37. The van der Waals surface area contributed by atoms with Crippen LogP contribution in [0.15, 0.2) is 22.7 Å². The topological polar surface area (TPSA) is 18.5 Å². The quantitative estimate of drug-likeness (QED) is 0.732. The Morgan fingerprint density at radius 3 is 2.89 bits per heavy atom. The molecule has 1 aliphatic heterocycles. The first-order valence-corrected chi connectivity index (χ1v) is 8.07. The lowest BCUT2D eigenvalue weighted by Gasteiger charge is -2.36. The fraction of sp³-hybridized carbons (Fsp3) is 0.571. The van der Waals surface area contributed by atoms with E-state index >= 15 is 0 Å². The van der Waals surface area contributed by atoms with Crippen molar-refractivity contribution in [1.82, 2.24) is 0 Å². The van der Waals surface area contributed by atoms with E-state index in [2.05, 4.69) is 44.0 Å². The first-order chi connectivity index (χ1) is 8.69. The Labute approximate surface area is 125 Å². The van der Waals surface area contributed by atoms with Gasteiger partial charge in [0, 0.05) is 21.8 Å². The summed E-state index contributed by atoms with van der Waals surface area (Å²) in [4.78, 5) is 0. The minimum Gasteiger partial charge on any atom is -0.497 e. The van der Waals surface area contributed by atoms with E-state index in [1.54, 1.807) is 7.11 Å². The van der Waals surface area contributed by atoms with Crippen molar-refractivity contribution in [3.8, 4) is 5.75 Å². The Bertz CT molecular complexity index is 401. The average Bonchev–Trinajstić information content (AvgIpc) is 2.42. The zero-order valence-corrected chi connectivity index (χ0v) is 13.7. The molecule has 1 fully saturated rings. The standard InChI is InChI=1S/C14H18Br2O2/c1-17-12-3-4-13(16)11(7-12)8-14(9-15)5-2-6-18-10-14/h3-4,7H,2,5-6,8-10H2,1H3. The van der Waals surface area contributed by atoms with Crippen molar-refractivity contribution in [3.63, 3.8) is 0 Å². The van der Waals surface area contributed by atoms with Gasteiger partial charge in [-0.25, -0.2) is 0 Å². The summed E-state index contributed by atoms with van der Waals surface area (Å²) < 4.78 is 12.1. The van der Waals surface area contributed by atoms with E-state index in [4.69, 9.17) is 9.47 Å². The predicted octanol–water partition coefficient (Wildman–Crippen LogP) is 4.19. The van der Waals surface area contributed by atoms with Crippen molar-refractivity contribution in [2.75, 3.05) is 25.7 Å². The van der Waals surface area contributed by atoms with E-state index in [9.17, 15) is 0 Å². The van der Waals surface area contributed by atoms with Gasteiger partial charge in [0.1, 0.15) is 5.75 Å². The molecule has 1 heterocycles. The van der Waals surface area contributed by atoms with Crippen molar-refractivity contribution >= 4 is 31.9 Å². The molecule has 0 radical (unpaired) electrons. The van der Waals surface area contributed by atoms with Gasteiger partial charge < -0.3 is 9.47 Å². The van der Waals surface area contributed by atoms with Crippen molar-refractivity contribution in [1.29, 1.82) is 0 Å². The maximum absolute atomic E-state index is 5.67. The number of rotatable bonds is 4. The molecule has 18 heavy (non-hydrogen) atoms. The number of alkyl halides is 1. The van der Waals surface area contributed by atoms with Gasteiger partial charge in [0.25, 0.3) is 0 Å². The minimum absolute atomic E-state index is 0.215. The molecule has 0 aliphatic carbocycles. The molecule has 2 nitrogen and oxygen atoms in total. The Balaban J connectivity index is 2.20. The summed E-state index contributed by atoms with van der Waals surface area (Å²) in [5.41, 5.74) is 1.51. The van der Waals surface area contributed by atoms with Gasteiger partial charge in [0.2, 0.25) is 0 Å². The van der Waals surface area contributed by atoms with Gasteiger partial charge in [-0.15, -0.1) is 0 Å². The highest BCUT2D eigenvalue weighted by Gasteiger charge is 2.32. The average molecular weight is 378 g/mol. The van der Waals surface area contributed by atoms with Crippen LogP contribution in [0.25, 0.3) is 0 Å². The molecule has 0 saturated carbocycles. The summed E-state index contributed by atoms with van der Waals surface area (Å²) in [6.07, 6.45) is 3.37. The number of methoxy groups -OCH3 is 1. The van der Waals surface area contributed by atoms with E-state index < -0.39 is 0 Å². The summed E-state index contributed by atoms with van der Waals surface area (Å²) in [6.45, 7) is 1.73. The Kier molecular flexibility index (Phi) is 5.10. The van der Waals surface area contributed by atoms with Gasteiger partial charge in [-0.1, -0.05) is 31.9 Å². The maximum atomic E-state index is 5.67. The van der Waals surface area contributed by atoms with Crippen molar-refractivity contribution in [2.24, 2.45) is 5.41 Å². The highest BCUT2D eigenvalue weighted by atomic mass is 79.9. The number of hydrogen-bond acceptors (Lipinski definition) is 2. The second kappa shape index (κ2) is 6.40. The van der Waals surface area contributed by atoms with Gasteiger partial charge in [-0.05, 0) is 43.0 Å². The normalized spacial score (nSPS) is 23.9. The first kappa shape index (κ1) is 14.4. The molecule has 1 saturated heterocycles. The van der Waals surface area contributed by atoms with Crippen LogP contribution in [0.2, 0.25) is 0 Å². The fourth-order valence-corrected chi connectivity index (χ4v) is 3.45. The van der Waals surface area contributed by atoms with Crippen LogP contribution in [0.4, 0.5) is 0 Å². The number of benzene rings is 1. The smallest absolute Gasteiger partial charge is 0.119 e. The lowest BCUT2D eigenvalue weighted by Crippen LogP contribution is -2.35. The van der Waals surface area contributed by atoms with Crippen LogP contribution < -0.4 is 4.74 Å². The third kappa shape index (κ3) is 3.28. The Morgan fingerprint density at radius 1 is 1.44 bits per heavy atom. The van der Waals surface area contributed by atoms with E-state index in [1.165, 1.54) is 12.0 Å². The van der Waals surface area contributed by atoms with Crippen LogP contribution in [-0.4, -0.2) is 25.7 Å². The lowest BCUT2D eigenvalue weighted by atomic mass is 9.79. The molecular weight excluding hydrogens is 360 g/mol. The van der Waals surface area contributed by atoms with Crippen LogP contribution in [0.5, 0.6) is 5.75 Å². The van der Waals surface area contributed by atoms with Crippen molar-refractivity contribution in [2.45, 2.75) is 19.3 Å². The number of hydrogen-bond donors (Lipinski definition) is 0. The maximum Gasteiger partial charge on any atom is 0.119 e. The van der Waals surface area contributed by atoms with Gasteiger partial charge in [-0.2, -0.15) is 0 Å². The minimum atomic E-state index is 0.215. The van der Waals surface area contributed by atoms with Crippen LogP contribution >= 0.6 is 31.9 Å². The lowest BCUT2D eigenvalue weighted by molar-refractivity contribution is 0.00605. The summed E-state index contributed by atoms with van der Waals surface area (Å²) in [6, 6.07) is 6.15. The number of ether oxygens (including phenoxy) is 2. The Hall–Kier alpha value is -0.0600. The van der Waals surface area contributed by atoms with Crippen LogP contribution in [0, 0.1) is 5.41 Å². The van der Waals surface area contributed by atoms with Crippen molar-refractivity contribution < 1.29 is 9.47 Å². The molecule has 0 aromatic heterocycles. The van der Waals surface area contributed by atoms with Gasteiger partial charge >= 0.3 is 0 Å². The molecule has 0 spiro atoms. The van der Waals surface area contributed by atoms with Crippen LogP contribution in [0.3, 0.4) is 0 Å². The molecule has 1 atom stereocenters. The fourth-order valence-electron chi connectivity index (χ4n) is 2.42. The molecule has 1 unspecified atom stereocenters. The second-order valence-corrected chi connectivity index (χ2v) is 6.34. The third-order valence-electron chi connectivity index (χ3n) is 3.51. The van der Waals surface area contributed by atoms with E-state index in [0.717, 1.165) is 41.6 Å². The summed E-state index contributed by atoms with van der Waals surface area (Å²) >= 11 is 7.29. The van der Waals surface area contributed by atoms with Crippen molar-refractivity contribution in [3.05, 3.63) is 28.2 Å². The second-order valence-electron chi connectivity index (χ2n) is 4.92. The van der Waals surface area contributed by atoms with Gasteiger partial charge in [0.15, 0.2) is 0 Å². The number of halogens is 2. The summed E-state index contributed by atoms with van der Waals surface area (Å²) in [5, 5.41) is 0.976. The van der Waals surface area contributed by atoms with Gasteiger partial charge in [-0.3, -0.25) is 0 Å². The summed E-state index contributed by atoms with van der Waals surface area (Å²) in [7, 11) is 1.71. The van der Waals surface area contributed by atoms with E-state index in [0.29, 0.717) is 0 Å². The molecule has 0 bridgehead atoms. The van der Waals surface area contributed by atoms with Gasteiger partial charge in [0.05, 0.1) is 13.7 Å². The molecule has 2 rings (SSSR count). The summed E-state index contributed by atoms with van der Waals surface area (Å²) in [5.74, 6) is 0.912. The largest absolute Gasteiger partial charge is 0.497 e. The SMILES string of the molecule is COc1ccc(Br)c(CC2(CBr)CCCOC2)c1. The molecule has 100 valence electrons. The monoisotopic (exact) mass is 376 g/mol. The highest BCUT2D eigenvalue weighted by molar-refractivity contribution is 9.10. The molecule has 1 aromatic rings. The molecule has 0 N–H and O–H groups in total. The zero-order chi connectivity index (χ0) is 13.0. The first-order valence-electron chi connectivity index (χ1n) is 6.15. The van der Waals surface area contributed by atoms with E-state index in [-0.39, 0.29) is 5.41 Å². The zero-order valence-electron chi connectivity index (χ0n) is 10.5. The molecule has 1 aromatic carbocycles. The molecule has 1 aliphatic rings. The molecule has 4 heteroatoms. The molecular formula is C14H18Br2O2. The molecule has 0 amide bonds. The van der Waals surface area contributed by atoms with E-state index in [1.807, 2.05) is 6.07 Å². The van der Waals surface area contributed by atoms with Crippen LogP contribution in [0.1, 0.15) is 18.4 Å². The third-order valence-corrected chi connectivity index (χ3v) is 5.47. The van der Waals surface area contributed by atoms with Crippen LogP contribution in [-0.2, 0) is 11.2 Å². The Morgan fingerprint density at radius 2 is 2.28 bits per heavy atom. The predicted molar refractivity (Wildman–Crippen MR) is 80.7 cm³/mol.